The number of benzene rings is 5. The van der Waals surface area contributed by atoms with Crippen LogP contribution < -0.4 is 16.1 Å². The van der Waals surface area contributed by atoms with Gasteiger partial charge >= 0.3 is 0 Å². The first kappa shape index (κ1) is 27.7. The molecule has 0 aliphatic heterocycles. The van der Waals surface area contributed by atoms with E-state index < -0.39 is 9.52 Å². The van der Waals surface area contributed by atoms with Crippen LogP contribution in [0.1, 0.15) is 29.5 Å². The number of hydrogen-bond acceptors (Lipinski definition) is 1. The van der Waals surface area contributed by atoms with Crippen LogP contribution in [-0.2, 0) is 5.16 Å². The summed E-state index contributed by atoms with van der Waals surface area (Å²) in [6, 6.07) is 52.5. The number of nitrogens with zero attached hydrogens (tertiary/aromatic N) is 2. The van der Waals surface area contributed by atoms with Gasteiger partial charge in [0.1, 0.15) is 0 Å². The van der Waals surface area contributed by atoms with E-state index in [2.05, 4.69) is 168 Å². The zero-order valence-electron chi connectivity index (χ0n) is 24.3. The summed E-state index contributed by atoms with van der Waals surface area (Å²) in [6.45, 7) is 2.76. The summed E-state index contributed by atoms with van der Waals surface area (Å²) in [5.41, 5.74) is 6.87. The standard InChI is InChI=1S/C23H22N2Si.C15H15B/c1-19-12-14-22(15-13-19)26-23(25-17-16-24-18-25,20-8-4-2-5-9-20)21-10-6-3-7-11-21;1-3-7-13(8-4-1)16(15-11-12-15)14-9-5-2-6-10-14/h2-18H,26H2,1H3;1-10,15H,11-12H2. The van der Waals surface area contributed by atoms with Crippen LogP contribution in [0.15, 0.2) is 164 Å². The van der Waals surface area contributed by atoms with Crippen molar-refractivity contribution < 1.29 is 0 Å². The molecule has 4 heteroatoms. The van der Waals surface area contributed by atoms with Gasteiger partial charge in [0.2, 0.25) is 6.71 Å². The van der Waals surface area contributed by atoms with E-state index in [1.807, 2.05) is 12.5 Å². The fourth-order valence-electron chi connectivity index (χ4n) is 6.16. The van der Waals surface area contributed by atoms with Gasteiger partial charge in [0.05, 0.1) is 21.0 Å². The monoisotopic (exact) mass is 560 g/mol. The van der Waals surface area contributed by atoms with Crippen molar-refractivity contribution in [1.29, 1.82) is 0 Å². The van der Waals surface area contributed by atoms with Crippen molar-refractivity contribution in [3.05, 3.63) is 181 Å². The molecule has 1 heterocycles. The third-order valence-corrected chi connectivity index (χ3v) is 11.0. The minimum Gasteiger partial charge on any atom is -0.326 e. The molecule has 1 aromatic heterocycles. The lowest BCUT2D eigenvalue weighted by Gasteiger charge is -2.37. The first-order valence-electron chi connectivity index (χ1n) is 15.0. The highest BCUT2D eigenvalue weighted by Crippen LogP contribution is 2.38. The fourth-order valence-corrected chi connectivity index (χ4v) is 8.47. The Morgan fingerprint density at radius 3 is 1.55 bits per heavy atom. The van der Waals surface area contributed by atoms with Crippen LogP contribution in [0.25, 0.3) is 0 Å². The SMILES string of the molecule is Cc1ccc([SiH2]C(c2ccccc2)(c2ccccc2)n2ccnc2)cc1.c1ccc(B(c2ccccc2)C2CC2)cc1. The molecule has 7 rings (SSSR count). The zero-order chi connectivity index (χ0) is 28.6. The molecule has 1 aliphatic rings. The van der Waals surface area contributed by atoms with E-state index >= 15 is 0 Å². The van der Waals surface area contributed by atoms with Crippen molar-refractivity contribution >= 4 is 32.3 Å². The van der Waals surface area contributed by atoms with Crippen LogP contribution in [0.3, 0.4) is 0 Å². The number of hydrogen-bond donors (Lipinski definition) is 0. The summed E-state index contributed by atoms with van der Waals surface area (Å²) in [6.07, 6.45) is 8.70. The predicted molar refractivity (Wildman–Crippen MR) is 182 cm³/mol. The first-order chi connectivity index (χ1) is 20.7. The van der Waals surface area contributed by atoms with Gasteiger partial charge in [-0.1, -0.05) is 186 Å². The summed E-state index contributed by atoms with van der Waals surface area (Å²) in [5, 5.41) is 1.24. The molecule has 0 amide bonds. The maximum atomic E-state index is 4.38. The quantitative estimate of drug-likeness (QED) is 0.212. The van der Waals surface area contributed by atoms with Crippen LogP contribution in [-0.4, -0.2) is 25.8 Å². The Labute approximate surface area is 253 Å². The number of rotatable bonds is 8. The second-order valence-electron chi connectivity index (χ2n) is 11.4. The van der Waals surface area contributed by atoms with E-state index in [9.17, 15) is 0 Å². The summed E-state index contributed by atoms with van der Waals surface area (Å²) >= 11 is 0. The molecular formula is C38H37BN2Si. The Kier molecular flexibility index (Phi) is 8.62. The van der Waals surface area contributed by atoms with Gasteiger partial charge in [0.25, 0.3) is 0 Å². The Morgan fingerprint density at radius 2 is 1.12 bits per heavy atom. The van der Waals surface area contributed by atoms with E-state index in [4.69, 9.17) is 0 Å². The van der Waals surface area contributed by atoms with Gasteiger partial charge in [-0.15, -0.1) is 0 Å². The van der Waals surface area contributed by atoms with E-state index in [1.165, 1.54) is 45.6 Å². The number of aryl methyl sites for hydroxylation is 1. The lowest BCUT2D eigenvalue weighted by molar-refractivity contribution is 0.596. The second-order valence-corrected chi connectivity index (χ2v) is 13.6. The third kappa shape index (κ3) is 6.24. The highest BCUT2D eigenvalue weighted by Gasteiger charge is 2.37. The summed E-state index contributed by atoms with van der Waals surface area (Å²) in [5.74, 6) is 0.866. The first-order valence-corrected chi connectivity index (χ1v) is 16.4. The summed E-state index contributed by atoms with van der Waals surface area (Å²) in [7, 11) is -0.763. The molecule has 0 radical (unpaired) electrons. The normalized spacial score (nSPS) is 13.0. The summed E-state index contributed by atoms with van der Waals surface area (Å²) < 4.78 is 2.30. The molecule has 1 saturated carbocycles. The third-order valence-electron chi connectivity index (χ3n) is 8.44. The Morgan fingerprint density at radius 1 is 0.643 bits per heavy atom. The maximum Gasteiger partial charge on any atom is 0.212 e. The molecule has 2 nitrogen and oxygen atoms in total. The van der Waals surface area contributed by atoms with Crippen LogP contribution >= 0.6 is 0 Å². The van der Waals surface area contributed by atoms with Gasteiger partial charge in [0.15, 0.2) is 0 Å². The van der Waals surface area contributed by atoms with E-state index in [1.54, 1.807) is 0 Å². The average molecular weight is 561 g/mol. The molecule has 1 aliphatic carbocycles. The van der Waals surface area contributed by atoms with Crippen molar-refractivity contribution in [3.8, 4) is 0 Å². The van der Waals surface area contributed by atoms with Crippen molar-refractivity contribution in [2.75, 3.05) is 0 Å². The molecule has 0 N–H and O–H groups in total. The van der Waals surface area contributed by atoms with Crippen LogP contribution in [0.4, 0.5) is 0 Å². The fraction of sp³-hybridized carbons (Fsp3) is 0.132. The lowest BCUT2D eigenvalue weighted by Crippen LogP contribution is -2.46. The minimum atomic E-state index is -0.763. The molecule has 5 aromatic carbocycles. The van der Waals surface area contributed by atoms with Crippen molar-refractivity contribution in [3.63, 3.8) is 0 Å². The zero-order valence-corrected chi connectivity index (χ0v) is 25.7. The molecule has 1 fully saturated rings. The molecule has 0 spiro atoms. The lowest BCUT2D eigenvalue weighted by atomic mass is 9.37. The van der Waals surface area contributed by atoms with E-state index in [-0.39, 0.29) is 5.16 Å². The maximum absolute atomic E-state index is 4.38. The van der Waals surface area contributed by atoms with Crippen LogP contribution in [0.5, 0.6) is 0 Å². The predicted octanol–water partition coefficient (Wildman–Crippen LogP) is 5.89. The Hall–Kier alpha value is -4.41. The molecule has 0 saturated heterocycles. The van der Waals surface area contributed by atoms with Crippen molar-refractivity contribution in [2.45, 2.75) is 30.7 Å². The topological polar surface area (TPSA) is 17.8 Å². The van der Waals surface area contributed by atoms with Crippen molar-refractivity contribution in [2.24, 2.45) is 0 Å². The molecule has 42 heavy (non-hydrogen) atoms. The molecule has 0 unspecified atom stereocenters. The number of imidazole rings is 1. The molecule has 6 aromatic rings. The molecule has 0 bridgehead atoms. The largest absolute Gasteiger partial charge is 0.326 e. The Balaban J connectivity index is 0.000000168. The van der Waals surface area contributed by atoms with Gasteiger partial charge in [-0.3, -0.25) is 0 Å². The molecule has 0 atom stereocenters. The summed E-state index contributed by atoms with van der Waals surface area (Å²) in [4.78, 5) is 4.38. The smallest absolute Gasteiger partial charge is 0.212 e. The van der Waals surface area contributed by atoms with E-state index in [0.29, 0.717) is 6.71 Å². The van der Waals surface area contributed by atoms with Crippen LogP contribution in [0.2, 0.25) is 5.82 Å². The molecular weight excluding hydrogens is 523 g/mol. The van der Waals surface area contributed by atoms with Gasteiger partial charge in [-0.05, 0) is 18.1 Å². The minimum absolute atomic E-state index is 0.200. The highest BCUT2D eigenvalue weighted by molar-refractivity contribution is 6.86. The second kappa shape index (κ2) is 13.1. The van der Waals surface area contributed by atoms with Crippen LogP contribution in [0, 0.1) is 6.92 Å². The van der Waals surface area contributed by atoms with Crippen molar-refractivity contribution in [1.82, 2.24) is 9.55 Å². The Bertz CT molecular complexity index is 1560. The van der Waals surface area contributed by atoms with Gasteiger partial charge in [-0.2, -0.15) is 0 Å². The van der Waals surface area contributed by atoms with Gasteiger partial charge in [0, 0.05) is 12.4 Å². The number of aromatic nitrogens is 2. The molecule has 206 valence electrons. The average Bonchev–Trinajstić information content (AvgIpc) is 3.73. The highest BCUT2D eigenvalue weighted by atomic mass is 28.2. The van der Waals surface area contributed by atoms with Gasteiger partial charge < -0.3 is 4.57 Å². The van der Waals surface area contributed by atoms with Gasteiger partial charge in [-0.25, -0.2) is 4.98 Å². The van der Waals surface area contributed by atoms with E-state index in [0.717, 1.165) is 5.82 Å².